The lowest BCUT2D eigenvalue weighted by Gasteiger charge is -2.16. The van der Waals surface area contributed by atoms with Gasteiger partial charge in [-0.25, -0.2) is 3.97 Å². The van der Waals surface area contributed by atoms with E-state index in [4.69, 9.17) is 0 Å². The number of nitrogens with zero attached hydrogens (tertiary/aromatic N) is 3. The first-order valence-electron chi connectivity index (χ1n) is 7.59. The van der Waals surface area contributed by atoms with Crippen LogP contribution in [0.4, 0.5) is 15.5 Å². The molecule has 0 radical (unpaired) electrons. The predicted octanol–water partition coefficient (Wildman–Crippen LogP) is 2.87. The van der Waals surface area contributed by atoms with Crippen LogP contribution in [0.2, 0.25) is 0 Å². The van der Waals surface area contributed by atoms with Gasteiger partial charge in [-0.2, -0.15) is 0 Å². The maximum atomic E-state index is 13.2. The largest absolute Gasteiger partial charge is 0.388 e. The monoisotopic (exact) mass is 320 g/mol. The van der Waals surface area contributed by atoms with Crippen LogP contribution in [0.3, 0.4) is 0 Å². The number of halogens is 1. The average Bonchev–Trinajstić information content (AvgIpc) is 3.24. The first-order valence-corrected chi connectivity index (χ1v) is 8.27. The Labute approximate surface area is 132 Å². The van der Waals surface area contributed by atoms with Gasteiger partial charge in [0.1, 0.15) is 6.61 Å². The number of aliphatic hydroxyl groups excluding tert-OH is 1. The highest BCUT2D eigenvalue weighted by atomic mass is 32.2. The number of benzene rings is 1. The Hall–Kier alpha value is -1.60. The summed E-state index contributed by atoms with van der Waals surface area (Å²) < 4.78 is 14.4. The fourth-order valence-electron chi connectivity index (χ4n) is 3.63. The van der Waals surface area contributed by atoms with Crippen molar-refractivity contribution in [2.45, 2.75) is 45.1 Å². The molecule has 0 fully saturated rings. The van der Waals surface area contributed by atoms with Gasteiger partial charge in [0, 0.05) is 5.69 Å². The minimum atomic E-state index is -0.337. The molecule has 22 heavy (non-hydrogen) atoms. The molecule has 1 heterocycles. The number of rotatable bonds is 4. The van der Waals surface area contributed by atoms with Crippen molar-refractivity contribution in [1.82, 2.24) is 14.2 Å². The van der Waals surface area contributed by atoms with Gasteiger partial charge >= 0.3 is 0 Å². The van der Waals surface area contributed by atoms with Gasteiger partial charge in [-0.3, -0.25) is 0 Å². The van der Waals surface area contributed by atoms with E-state index in [1.54, 1.807) is 0 Å². The molecule has 0 unspecified atom stereocenters. The van der Waals surface area contributed by atoms with Crippen LogP contribution >= 0.6 is 12.3 Å². The van der Waals surface area contributed by atoms with E-state index in [1.807, 2.05) is 0 Å². The predicted molar refractivity (Wildman–Crippen MR) is 83.8 cm³/mol. The number of hydrogen-bond acceptors (Lipinski definition) is 5. The molecule has 0 spiro atoms. The molecule has 2 aromatic rings. The van der Waals surface area contributed by atoms with Gasteiger partial charge in [0.2, 0.25) is 5.95 Å². The Bertz CT molecular complexity index is 699. The van der Waals surface area contributed by atoms with Gasteiger partial charge in [-0.1, -0.05) is 6.07 Å². The molecule has 2 aliphatic carbocycles. The first kappa shape index (κ1) is 14.0. The lowest BCUT2D eigenvalue weighted by molar-refractivity contribution is 0.270. The second kappa shape index (κ2) is 5.55. The third kappa shape index (κ3) is 2.11. The van der Waals surface area contributed by atoms with Gasteiger partial charge in [0.05, 0.1) is 0 Å². The summed E-state index contributed by atoms with van der Waals surface area (Å²) in [6.45, 7) is -0.337. The Balaban J connectivity index is 1.79. The molecule has 4 rings (SSSR count). The number of aliphatic hydroxyl groups is 1. The van der Waals surface area contributed by atoms with Crippen LogP contribution in [0.25, 0.3) is 0 Å². The summed E-state index contributed by atoms with van der Waals surface area (Å²) >= 11 is 0.00827. The molecule has 0 bridgehead atoms. The fraction of sp³-hybridized carbons (Fsp3) is 0.467. The molecule has 0 saturated heterocycles. The number of aromatic nitrogens is 3. The quantitative estimate of drug-likeness (QED) is 0.907. The van der Waals surface area contributed by atoms with Crippen LogP contribution in [0, 0.1) is 0 Å². The van der Waals surface area contributed by atoms with Crippen LogP contribution < -0.4 is 5.32 Å². The van der Waals surface area contributed by atoms with Crippen LogP contribution in [0.15, 0.2) is 6.07 Å². The van der Waals surface area contributed by atoms with Crippen LogP contribution in [0.1, 0.15) is 40.9 Å². The Morgan fingerprint density at radius 3 is 2.41 bits per heavy atom. The normalized spacial score (nSPS) is 15.9. The lowest BCUT2D eigenvalue weighted by atomic mass is 9.99. The average molecular weight is 320 g/mol. The SMILES string of the molecule is OCc1nnc(Nc2c3c(cc4c2CCC4)CCC3)n1SF. The molecule has 2 N–H and O–H groups in total. The van der Waals surface area contributed by atoms with E-state index in [0.717, 1.165) is 31.4 Å². The Morgan fingerprint density at radius 2 is 1.82 bits per heavy atom. The molecule has 116 valence electrons. The second-order valence-corrected chi connectivity index (χ2v) is 6.32. The fourth-order valence-corrected chi connectivity index (χ4v) is 3.95. The molecule has 7 heteroatoms. The van der Waals surface area contributed by atoms with Gasteiger partial charge in [-0.05, 0) is 60.8 Å². The Morgan fingerprint density at radius 1 is 1.14 bits per heavy atom. The molecule has 1 aromatic heterocycles. The van der Waals surface area contributed by atoms with Gasteiger partial charge in [0.15, 0.2) is 18.2 Å². The summed E-state index contributed by atoms with van der Waals surface area (Å²) in [5.41, 5.74) is 6.58. The summed E-state index contributed by atoms with van der Waals surface area (Å²) in [6, 6.07) is 2.35. The summed E-state index contributed by atoms with van der Waals surface area (Å²) in [4.78, 5) is 0. The van der Waals surface area contributed by atoms with E-state index in [1.165, 1.54) is 39.1 Å². The maximum absolute atomic E-state index is 13.2. The smallest absolute Gasteiger partial charge is 0.241 e. The summed E-state index contributed by atoms with van der Waals surface area (Å²) in [5, 5.41) is 20.3. The number of hydrogen-bond donors (Lipinski definition) is 2. The highest BCUT2D eigenvalue weighted by Crippen LogP contribution is 2.40. The zero-order valence-electron chi connectivity index (χ0n) is 12.1. The van der Waals surface area contributed by atoms with E-state index >= 15 is 0 Å². The Kier molecular flexibility index (Phi) is 3.54. The van der Waals surface area contributed by atoms with E-state index in [0.29, 0.717) is 5.95 Å². The van der Waals surface area contributed by atoms with Crippen molar-refractivity contribution in [3.8, 4) is 0 Å². The van der Waals surface area contributed by atoms with Crippen LogP contribution in [-0.4, -0.2) is 19.3 Å². The summed E-state index contributed by atoms with van der Waals surface area (Å²) in [6.07, 6.45) is 6.66. The first-order chi connectivity index (χ1) is 10.8. The lowest BCUT2D eigenvalue weighted by Crippen LogP contribution is -2.05. The molecular weight excluding hydrogens is 303 g/mol. The molecule has 0 amide bonds. The minimum absolute atomic E-state index is 0.00827. The van der Waals surface area contributed by atoms with Crippen molar-refractivity contribution in [3.63, 3.8) is 0 Å². The van der Waals surface area contributed by atoms with Crippen molar-refractivity contribution in [2.75, 3.05) is 5.32 Å². The highest BCUT2D eigenvalue weighted by Gasteiger charge is 2.25. The molecule has 2 aliphatic rings. The molecule has 0 aliphatic heterocycles. The van der Waals surface area contributed by atoms with Crippen molar-refractivity contribution in [1.29, 1.82) is 0 Å². The zero-order chi connectivity index (χ0) is 15.1. The van der Waals surface area contributed by atoms with Gasteiger partial charge < -0.3 is 10.4 Å². The van der Waals surface area contributed by atoms with Crippen LogP contribution in [0.5, 0.6) is 0 Å². The van der Waals surface area contributed by atoms with E-state index in [-0.39, 0.29) is 24.8 Å². The van der Waals surface area contributed by atoms with E-state index in [2.05, 4.69) is 21.6 Å². The summed E-state index contributed by atoms with van der Waals surface area (Å²) in [5.74, 6) is 0.546. The van der Waals surface area contributed by atoms with E-state index < -0.39 is 0 Å². The van der Waals surface area contributed by atoms with Crippen molar-refractivity contribution in [2.24, 2.45) is 0 Å². The standard InChI is InChI=1S/C15H17FN4OS/c16-22-20-13(8-21)18-19-15(20)17-14-11-5-1-3-9(11)7-10-4-2-6-12(10)14/h7,21H,1-6,8H2,(H,17,19). The number of fused-ring (bicyclic) bond motifs is 2. The topological polar surface area (TPSA) is 63.0 Å². The molecule has 0 atom stereocenters. The van der Waals surface area contributed by atoms with Gasteiger partial charge in [-0.15, -0.1) is 14.1 Å². The van der Waals surface area contributed by atoms with Crippen molar-refractivity contribution in [3.05, 3.63) is 34.1 Å². The minimum Gasteiger partial charge on any atom is -0.388 e. The number of aryl methyl sites for hydroxylation is 2. The number of nitrogens with one attached hydrogen (secondary N) is 1. The number of anilines is 2. The van der Waals surface area contributed by atoms with Gasteiger partial charge in [0.25, 0.3) is 0 Å². The van der Waals surface area contributed by atoms with Crippen molar-refractivity contribution < 1.29 is 8.99 Å². The third-order valence-corrected chi connectivity index (χ3v) is 5.13. The molecule has 1 aromatic carbocycles. The zero-order valence-corrected chi connectivity index (χ0v) is 12.9. The molecular formula is C15H17FN4OS. The molecule has 0 saturated carbocycles. The summed E-state index contributed by atoms with van der Waals surface area (Å²) in [7, 11) is 0. The third-order valence-electron chi connectivity index (χ3n) is 4.61. The van der Waals surface area contributed by atoms with Crippen molar-refractivity contribution >= 4 is 24.0 Å². The molecule has 5 nitrogen and oxygen atoms in total. The second-order valence-electron chi connectivity index (χ2n) is 5.82. The van der Waals surface area contributed by atoms with E-state index in [9.17, 15) is 8.99 Å². The maximum Gasteiger partial charge on any atom is 0.241 e. The highest BCUT2D eigenvalue weighted by molar-refractivity contribution is 7.92. The van der Waals surface area contributed by atoms with Crippen LogP contribution in [-0.2, 0) is 32.3 Å².